The number of fused-ring (bicyclic) bond motifs is 1. The lowest BCUT2D eigenvalue weighted by Gasteiger charge is -2.16. The molecule has 1 N–H and O–H groups in total. The number of amides is 1. The second-order valence-electron chi connectivity index (χ2n) is 7.53. The quantitative estimate of drug-likeness (QED) is 0.481. The molecular weight excluding hydrogens is 435 g/mol. The smallest absolute Gasteiger partial charge is 0.222 e. The Kier molecular flexibility index (Phi) is 6.90. The number of benzene rings is 2. The summed E-state index contributed by atoms with van der Waals surface area (Å²) in [5.41, 5.74) is 0.858. The summed E-state index contributed by atoms with van der Waals surface area (Å²) in [6.45, 7) is 2.09. The molecule has 0 spiro atoms. The topological polar surface area (TPSA) is 76.6 Å². The summed E-state index contributed by atoms with van der Waals surface area (Å²) in [5, 5.41) is 3.94. The number of methoxy groups -OCH3 is 1. The summed E-state index contributed by atoms with van der Waals surface area (Å²) in [4.78, 5) is 22.6. The van der Waals surface area contributed by atoms with Crippen molar-refractivity contribution in [3.63, 3.8) is 0 Å². The van der Waals surface area contributed by atoms with Crippen molar-refractivity contribution >= 4 is 39.9 Å². The maximum absolute atomic E-state index is 14.2. The minimum Gasteiger partial charge on any atom is -0.493 e. The first-order chi connectivity index (χ1) is 15.5. The monoisotopic (exact) mass is 458 g/mol. The highest BCUT2D eigenvalue weighted by molar-refractivity contribution is 6.30. The minimum atomic E-state index is -0.486. The van der Waals surface area contributed by atoms with Gasteiger partial charge in [0.2, 0.25) is 5.91 Å². The van der Waals surface area contributed by atoms with Crippen LogP contribution in [0.25, 0.3) is 10.9 Å². The summed E-state index contributed by atoms with van der Waals surface area (Å²) in [6, 6.07) is 7.87. The van der Waals surface area contributed by atoms with E-state index in [1.54, 1.807) is 31.4 Å². The Morgan fingerprint density at radius 2 is 2.00 bits per heavy atom. The third-order valence-electron chi connectivity index (χ3n) is 5.36. The van der Waals surface area contributed by atoms with Gasteiger partial charge >= 0.3 is 0 Å². The van der Waals surface area contributed by atoms with Crippen molar-refractivity contribution in [2.24, 2.45) is 0 Å². The van der Waals surface area contributed by atoms with Crippen molar-refractivity contribution in [2.45, 2.75) is 25.7 Å². The van der Waals surface area contributed by atoms with Crippen LogP contribution in [-0.2, 0) is 4.79 Å². The standard InChI is InChI=1S/C23H24ClFN4O3/c1-31-20-12-16-19(13-21(20)32-10-4-5-22(30)29-8-2-3-9-29)26-14-27-23(16)28-18-7-6-15(24)11-17(18)25/h6-7,11-14H,2-5,8-10H2,1H3,(H,26,27,28). The second kappa shape index (κ2) is 9.99. The fourth-order valence-electron chi connectivity index (χ4n) is 3.68. The van der Waals surface area contributed by atoms with E-state index >= 15 is 0 Å². The molecule has 0 aliphatic carbocycles. The molecule has 2 heterocycles. The highest BCUT2D eigenvalue weighted by atomic mass is 35.5. The molecule has 0 radical (unpaired) electrons. The van der Waals surface area contributed by atoms with Gasteiger partial charge in [-0.1, -0.05) is 11.6 Å². The first-order valence-corrected chi connectivity index (χ1v) is 10.9. The highest BCUT2D eigenvalue weighted by Gasteiger charge is 2.18. The lowest BCUT2D eigenvalue weighted by atomic mass is 10.2. The molecule has 1 aliphatic rings. The van der Waals surface area contributed by atoms with Gasteiger partial charge in [-0.3, -0.25) is 4.79 Å². The third-order valence-corrected chi connectivity index (χ3v) is 5.59. The number of likely N-dealkylation sites (tertiary alicyclic amines) is 1. The van der Waals surface area contributed by atoms with Gasteiger partial charge in [0, 0.05) is 36.0 Å². The van der Waals surface area contributed by atoms with Gasteiger partial charge in [0.05, 0.1) is 24.9 Å². The molecule has 1 amide bonds. The van der Waals surface area contributed by atoms with Gasteiger partial charge in [-0.15, -0.1) is 0 Å². The number of ether oxygens (including phenoxy) is 2. The molecule has 7 nitrogen and oxygen atoms in total. The zero-order valence-electron chi connectivity index (χ0n) is 17.7. The molecule has 0 saturated carbocycles. The van der Waals surface area contributed by atoms with E-state index in [2.05, 4.69) is 15.3 Å². The molecule has 0 bridgehead atoms. The molecule has 2 aromatic carbocycles. The lowest BCUT2D eigenvalue weighted by molar-refractivity contribution is -0.130. The molecule has 0 unspecified atom stereocenters. The van der Waals surface area contributed by atoms with E-state index < -0.39 is 5.82 Å². The van der Waals surface area contributed by atoms with Crippen LogP contribution in [0.2, 0.25) is 5.02 Å². The van der Waals surface area contributed by atoms with E-state index in [0.29, 0.717) is 52.7 Å². The zero-order valence-corrected chi connectivity index (χ0v) is 18.5. The summed E-state index contributed by atoms with van der Waals surface area (Å²) in [6.07, 6.45) is 4.63. The summed E-state index contributed by atoms with van der Waals surface area (Å²) in [5.74, 6) is 1.14. The van der Waals surface area contributed by atoms with Gasteiger partial charge in [-0.2, -0.15) is 0 Å². The number of nitrogens with one attached hydrogen (secondary N) is 1. The lowest BCUT2D eigenvalue weighted by Crippen LogP contribution is -2.27. The normalized spacial score (nSPS) is 13.4. The molecule has 3 aromatic rings. The highest BCUT2D eigenvalue weighted by Crippen LogP contribution is 2.35. The Morgan fingerprint density at radius 3 is 2.75 bits per heavy atom. The summed E-state index contributed by atoms with van der Waals surface area (Å²) in [7, 11) is 1.54. The molecule has 32 heavy (non-hydrogen) atoms. The first kappa shape index (κ1) is 22.1. The van der Waals surface area contributed by atoms with Crippen LogP contribution in [0.15, 0.2) is 36.7 Å². The van der Waals surface area contributed by atoms with Crippen molar-refractivity contribution < 1.29 is 18.7 Å². The number of halogens is 2. The predicted molar refractivity (Wildman–Crippen MR) is 121 cm³/mol. The van der Waals surface area contributed by atoms with Gasteiger partial charge < -0.3 is 19.7 Å². The molecular formula is C23H24ClFN4O3. The van der Waals surface area contributed by atoms with E-state index in [1.165, 1.54) is 12.4 Å². The molecule has 9 heteroatoms. The number of carbonyl (C=O) groups is 1. The molecule has 168 valence electrons. The molecule has 1 saturated heterocycles. The van der Waals surface area contributed by atoms with Gasteiger partial charge in [-0.25, -0.2) is 14.4 Å². The zero-order chi connectivity index (χ0) is 22.5. The van der Waals surface area contributed by atoms with E-state index in [4.69, 9.17) is 21.1 Å². The number of aromatic nitrogens is 2. The van der Waals surface area contributed by atoms with Crippen molar-refractivity contribution in [3.05, 3.63) is 47.5 Å². The van der Waals surface area contributed by atoms with Crippen LogP contribution in [0, 0.1) is 5.82 Å². The van der Waals surface area contributed by atoms with Crippen LogP contribution in [0.5, 0.6) is 11.5 Å². The Hall–Kier alpha value is -3.13. The predicted octanol–water partition coefficient (Wildman–Crippen LogP) is 4.96. The second-order valence-corrected chi connectivity index (χ2v) is 7.97. The number of hydrogen-bond acceptors (Lipinski definition) is 6. The van der Waals surface area contributed by atoms with Gasteiger partial charge in [0.1, 0.15) is 18.0 Å². The maximum Gasteiger partial charge on any atom is 0.222 e. The Labute approximate surface area is 190 Å². The van der Waals surface area contributed by atoms with Crippen LogP contribution < -0.4 is 14.8 Å². The van der Waals surface area contributed by atoms with Crippen LogP contribution in [0.1, 0.15) is 25.7 Å². The van der Waals surface area contributed by atoms with Gasteiger partial charge in [-0.05, 0) is 43.5 Å². The molecule has 1 aromatic heterocycles. The largest absolute Gasteiger partial charge is 0.493 e. The van der Waals surface area contributed by atoms with E-state index in [-0.39, 0.29) is 11.6 Å². The SMILES string of the molecule is COc1cc2c(Nc3ccc(Cl)cc3F)ncnc2cc1OCCCC(=O)N1CCCC1. The van der Waals surface area contributed by atoms with Crippen LogP contribution in [-0.4, -0.2) is 47.6 Å². The van der Waals surface area contributed by atoms with Crippen molar-refractivity contribution in [3.8, 4) is 11.5 Å². The molecule has 4 rings (SSSR count). The maximum atomic E-state index is 14.2. The van der Waals surface area contributed by atoms with Crippen molar-refractivity contribution in [1.82, 2.24) is 14.9 Å². The van der Waals surface area contributed by atoms with Gasteiger partial charge in [0.15, 0.2) is 11.5 Å². The summed E-state index contributed by atoms with van der Waals surface area (Å²) >= 11 is 5.83. The fraction of sp³-hybridized carbons (Fsp3) is 0.348. The number of nitrogens with zero attached hydrogens (tertiary/aromatic N) is 3. The number of carbonyl (C=O) groups excluding carboxylic acids is 1. The van der Waals surface area contributed by atoms with E-state index in [9.17, 15) is 9.18 Å². The Bertz CT molecular complexity index is 1120. The number of anilines is 2. The Balaban J connectivity index is 1.48. The van der Waals surface area contributed by atoms with Crippen LogP contribution >= 0.6 is 11.6 Å². The fourth-order valence-corrected chi connectivity index (χ4v) is 3.84. The number of rotatable bonds is 8. The molecule has 1 fully saturated rings. The van der Waals surface area contributed by atoms with E-state index in [1.807, 2.05) is 4.90 Å². The minimum absolute atomic E-state index is 0.175. The summed E-state index contributed by atoms with van der Waals surface area (Å²) < 4.78 is 25.6. The van der Waals surface area contributed by atoms with Crippen molar-refractivity contribution in [2.75, 3.05) is 32.1 Å². The third kappa shape index (κ3) is 5.02. The Morgan fingerprint density at radius 1 is 1.19 bits per heavy atom. The molecule has 1 aliphatic heterocycles. The average Bonchev–Trinajstić information content (AvgIpc) is 3.33. The van der Waals surface area contributed by atoms with E-state index in [0.717, 1.165) is 25.9 Å². The first-order valence-electron chi connectivity index (χ1n) is 10.5. The van der Waals surface area contributed by atoms with Gasteiger partial charge in [0.25, 0.3) is 0 Å². The number of hydrogen-bond donors (Lipinski definition) is 1. The molecule has 0 atom stereocenters. The van der Waals surface area contributed by atoms with Crippen LogP contribution in [0.4, 0.5) is 15.9 Å². The van der Waals surface area contributed by atoms with Crippen LogP contribution in [0.3, 0.4) is 0 Å². The van der Waals surface area contributed by atoms with Crippen molar-refractivity contribution in [1.29, 1.82) is 0 Å². The average molecular weight is 459 g/mol.